The Balaban J connectivity index is 1.28. The summed E-state index contributed by atoms with van der Waals surface area (Å²) in [5.41, 5.74) is -1.96. The molecular formula is C49H61F3N6O6. The highest BCUT2D eigenvalue weighted by Gasteiger charge is 2.40. The lowest BCUT2D eigenvalue weighted by Crippen LogP contribution is -2.31. The van der Waals surface area contributed by atoms with E-state index in [2.05, 4.69) is 0 Å². The summed E-state index contributed by atoms with van der Waals surface area (Å²) in [6.45, 7) is 13.7. The zero-order chi connectivity index (χ0) is 46.6. The van der Waals surface area contributed by atoms with Gasteiger partial charge in [0.1, 0.15) is 72.2 Å². The molecule has 0 N–H and O–H groups in total. The molecule has 0 unspecified atom stereocenters. The van der Waals surface area contributed by atoms with Crippen molar-refractivity contribution in [2.75, 3.05) is 59.1 Å². The van der Waals surface area contributed by atoms with Gasteiger partial charge in [0.25, 0.3) is 0 Å². The van der Waals surface area contributed by atoms with Crippen LogP contribution in [0.25, 0.3) is 0 Å². The molecule has 3 saturated heterocycles. The lowest BCUT2D eigenvalue weighted by atomic mass is 9.75. The number of nitriles is 3. The molecule has 12 nitrogen and oxygen atoms in total. The average molecular weight is 887 g/mol. The monoisotopic (exact) mass is 886 g/mol. The second-order valence-electron chi connectivity index (χ2n) is 20.5. The van der Waals surface area contributed by atoms with Gasteiger partial charge in [-0.1, -0.05) is 41.5 Å². The molecule has 0 aromatic carbocycles. The van der Waals surface area contributed by atoms with Crippen molar-refractivity contribution in [3.05, 3.63) is 68.0 Å². The number of hydrogen-bond donors (Lipinski definition) is 0. The number of allylic oxidation sites excluding steroid dienone is 9. The summed E-state index contributed by atoms with van der Waals surface area (Å²) in [4.78, 5) is 47.0. The van der Waals surface area contributed by atoms with E-state index in [-0.39, 0.29) is 36.0 Å². The molecule has 0 radical (unpaired) electrons. The molecular weight excluding hydrogens is 826 g/mol. The summed E-state index contributed by atoms with van der Waals surface area (Å²) in [5.74, 6) is -6.51. The number of esters is 3. The molecule has 3 fully saturated rings. The van der Waals surface area contributed by atoms with E-state index in [4.69, 9.17) is 14.2 Å². The second-order valence-corrected chi connectivity index (χ2v) is 20.5. The Hall–Kier alpha value is -5.49. The zero-order valence-corrected chi connectivity index (χ0v) is 38.2. The molecule has 0 aromatic rings. The van der Waals surface area contributed by atoms with Crippen LogP contribution in [-0.2, 0) is 28.6 Å². The number of halogens is 3. The summed E-state index contributed by atoms with van der Waals surface area (Å²) < 4.78 is 65.4. The van der Waals surface area contributed by atoms with Crippen molar-refractivity contribution in [1.29, 1.82) is 15.8 Å². The van der Waals surface area contributed by atoms with E-state index in [0.29, 0.717) is 75.6 Å². The fourth-order valence-electron chi connectivity index (χ4n) is 9.93. The minimum absolute atomic E-state index is 0.0757. The van der Waals surface area contributed by atoms with Gasteiger partial charge in [0, 0.05) is 56.0 Å². The first kappa shape index (κ1) is 48.0. The Morgan fingerprint density at radius 3 is 0.938 bits per heavy atom. The maximum absolute atomic E-state index is 16.2. The Morgan fingerprint density at radius 2 is 0.719 bits per heavy atom. The van der Waals surface area contributed by atoms with Crippen molar-refractivity contribution in [3.63, 3.8) is 0 Å². The number of carbonyl (C=O) groups is 3. The van der Waals surface area contributed by atoms with Gasteiger partial charge in [-0.3, -0.25) is 0 Å². The molecule has 3 aliphatic carbocycles. The van der Waals surface area contributed by atoms with E-state index in [9.17, 15) is 30.2 Å². The fourth-order valence-corrected chi connectivity index (χ4v) is 9.93. The highest BCUT2D eigenvalue weighted by atomic mass is 19.1. The quantitative estimate of drug-likeness (QED) is 0.0794. The fraction of sp³-hybridized carbons (Fsp3) is 0.633. The Morgan fingerprint density at radius 1 is 0.484 bits per heavy atom. The topological polar surface area (TPSA) is 160 Å². The Bertz CT molecular complexity index is 1980. The third-order valence-electron chi connectivity index (χ3n) is 13.1. The summed E-state index contributed by atoms with van der Waals surface area (Å²) in [6.07, 6.45) is 6.90. The SMILES string of the molecule is CC1(C)CC(N2CCCC2)=C(F)/C(=C(\C#N)C(=O)OCC(COC(=O)/C(C#N)=C2\CC(C)(C)CC(N3CCCC3)=C2F)COC(=O)/C(C#N)=C2\CC(C)(C)CC(N3CCCC3)=C2F)C1. The number of hydrogen-bond acceptors (Lipinski definition) is 12. The van der Waals surface area contributed by atoms with E-state index in [0.717, 1.165) is 38.5 Å². The van der Waals surface area contributed by atoms with Gasteiger partial charge in [-0.05, 0) is 93.3 Å². The first-order chi connectivity index (χ1) is 30.3. The third-order valence-corrected chi connectivity index (χ3v) is 13.1. The van der Waals surface area contributed by atoms with E-state index in [1.165, 1.54) is 0 Å². The van der Waals surface area contributed by atoms with Gasteiger partial charge < -0.3 is 28.9 Å². The van der Waals surface area contributed by atoms with Gasteiger partial charge in [0.05, 0.1) is 23.0 Å². The lowest BCUT2D eigenvalue weighted by Gasteiger charge is -2.36. The maximum atomic E-state index is 16.2. The molecule has 0 aromatic heterocycles. The minimum Gasteiger partial charge on any atom is -0.461 e. The van der Waals surface area contributed by atoms with E-state index >= 15 is 13.2 Å². The van der Waals surface area contributed by atoms with Crippen LogP contribution in [0, 0.1) is 56.2 Å². The summed E-state index contributed by atoms with van der Waals surface area (Å²) in [5, 5.41) is 30.7. The standard InChI is InChI=1S/C49H61F3N6O6/c1-47(2)19-32(41(50)38(22-47)56-13-7-8-14-56)35(25-53)44(59)62-28-31(29-63-45(60)36(26-54)33-20-48(3,4)23-39(42(33)51)57-15-9-10-16-57)30-64-46(61)37(27-55)34-21-49(5,6)24-40(43(34)52)58-17-11-12-18-58/h31H,7-24,28-30H2,1-6H3/b35-32+,36-33+,37-34+. The van der Waals surface area contributed by atoms with Crippen molar-refractivity contribution in [1.82, 2.24) is 14.7 Å². The first-order valence-corrected chi connectivity index (χ1v) is 22.6. The first-order valence-electron chi connectivity index (χ1n) is 22.6. The predicted octanol–water partition coefficient (Wildman–Crippen LogP) is 8.98. The summed E-state index contributed by atoms with van der Waals surface area (Å²) >= 11 is 0. The number of carbonyl (C=O) groups excluding carboxylic acids is 3. The van der Waals surface area contributed by atoms with Crippen molar-refractivity contribution in [2.24, 2.45) is 22.2 Å². The molecule has 0 saturated carbocycles. The van der Waals surface area contributed by atoms with Crippen LogP contribution in [0.5, 0.6) is 0 Å². The van der Waals surface area contributed by atoms with Gasteiger partial charge in [-0.15, -0.1) is 0 Å². The van der Waals surface area contributed by atoms with Crippen LogP contribution < -0.4 is 0 Å². The minimum atomic E-state index is -1.16. The van der Waals surface area contributed by atoms with Crippen molar-refractivity contribution < 1.29 is 41.8 Å². The van der Waals surface area contributed by atoms with Crippen LogP contribution >= 0.6 is 0 Å². The van der Waals surface area contributed by atoms with Gasteiger partial charge >= 0.3 is 17.9 Å². The highest BCUT2D eigenvalue weighted by molar-refractivity contribution is 5.96. The normalized spacial score (nSPS) is 24.3. The van der Waals surface area contributed by atoms with Crippen LogP contribution in [-0.4, -0.2) is 91.7 Å². The molecule has 64 heavy (non-hydrogen) atoms. The lowest BCUT2D eigenvalue weighted by molar-refractivity contribution is -0.148. The molecule has 3 aliphatic heterocycles. The number of ether oxygens (including phenoxy) is 3. The molecule has 344 valence electrons. The van der Waals surface area contributed by atoms with Gasteiger partial charge in [0.15, 0.2) is 0 Å². The van der Waals surface area contributed by atoms with Crippen LogP contribution in [0.1, 0.15) is 119 Å². The highest BCUT2D eigenvalue weighted by Crippen LogP contribution is 2.48. The zero-order valence-electron chi connectivity index (χ0n) is 38.2. The molecule has 15 heteroatoms. The predicted molar refractivity (Wildman–Crippen MR) is 230 cm³/mol. The largest absolute Gasteiger partial charge is 0.461 e. The molecule has 0 atom stereocenters. The third kappa shape index (κ3) is 10.9. The Kier molecular flexibility index (Phi) is 14.8. The van der Waals surface area contributed by atoms with Gasteiger partial charge in [-0.2, -0.15) is 15.8 Å². The molecule has 6 aliphatic rings. The van der Waals surface area contributed by atoms with Crippen LogP contribution in [0.4, 0.5) is 13.2 Å². The van der Waals surface area contributed by atoms with E-state index in [1.54, 1.807) is 0 Å². The van der Waals surface area contributed by atoms with Gasteiger partial charge in [-0.25, -0.2) is 27.6 Å². The van der Waals surface area contributed by atoms with Crippen LogP contribution in [0.15, 0.2) is 68.0 Å². The molecule has 0 amide bonds. The van der Waals surface area contributed by atoms with Crippen molar-refractivity contribution >= 4 is 17.9 Å². The number of likely N-dealkylation sites (tertiary alicyclic amines) is 3. The van der Waals surface area contributed by atoms with Crippen molar-refractivity contribution in [3.8, 4) is 18.2 Å². The molecule has 6 rings (SSSR count). The van der Waals surface area contributed by atoms with Crippen molar-refractivity contribution in [2.45, 2.75) is 119 Å². The van der Waals surface area contributed by atoms with Crippen LogP contribution in [0.2, 0.25) is 0 Å². The van der Waals surface area contributed by atoms with Gasteiger partial charge in [0.2, 0.25) is 0 Å². The van der Waals surface area contributed by atoms with E-state index in [1.807, 2.05) is 74.4 Å². The number of rotatable bonds is 12. The smallest absolute Gasteiger partial charge is 0.349 e. The molecule has 0 spiro atoms. The second kappa shape index (κ2) is 19.7. The molecule has 0 bridgehead atoms. The number of nitrogens with zero attached hydrogens (tertiary/aromatic N) is 6. The Labute approximate surface area is 375 Å². The summed E-state index contributed by atoms with van der Waals surface area (Å²) in [7, 11) is 0. The van der Waals surface area contributed by atoms with E-state index < -0.39 is 94.1 Å². The maximum Gasteiger partial charge on any atom is 0.349 e. The average Bonchev–Trinajstić information content (AvgIpc) is 4.07. The summed E-state index contributed by atoms with van der Waals surface area (Å²) in [6, 6.07) is 5.50. The molecule has 3 heterocycles. The van der Waals surface area contributed by atoms with Crippen LogP contribution in [0.3, 0.4) is 0 Å².